The van der Waals surface area contributed by atoms with E-state index < -0.39 is 0 Å². The molecule has 0 aliphatic heterocycles. The number of fused-ring (bicyclic) bond motifs is 1. The third-order valence-corrected chi connectivity index (χ3v) is 6.89. The summed E-state index contributed by atoms with van der Waals surface area (Å²) in [6, 6.07) is 0. The summed E-state index contributed by atoms with van der Waals surface area (Å²) in [5, 5.41) is 9.11. The van der Waals surface area contributed by atoms with Crippen LogP contribution in [0.25, 0.3) is 0 Å². The largest absolute Gasteiger partial charge is 0.396 e. The third kappa shape index (κ3) is 3.38. The lowest BCUT2D eigenvalue weighted by Crippen LogP contribution is -2.49. The Bertz CT molecular complexity index is 370. The van der Waals surface area contributed by atoms with Crippen molar-refractivity contribution >= 4 is 0 Å². The summed E-state index contributed by atoms with van der Waals surface area (Å²) in [6.45, 7) is 14.6. The number of aliphatic hydroxyl groups is 1. The zero-order valence-electron chi connectivity index (χ0n) is 14.8. The van der Waals surface area contributed by atoms with Gasteiger partial charge in [0.05, 0.1) is 0 Å². The van der Waals surface area contributed by atoms with Crippen LogP contribution in [0.3, 0.4) is 0 Å². The van der Waals surface area contributed by atoms with Gasteiger partial charge in [0.2, 0.25) is 0 Å². The molecule has 2 aliphatic carbocycles. The molecule has 0 bridgehead atoms. The van der Waals surface area contributed by atoms with Crippen LogP contribution >= 0.6 is 0 Å². The number of allylic oxidation sites excluding steroid dienone is 1. The SMILES string of the molecule is C=C1CCC2C(C)(C)CCC[C@@]2(C)[C@@H]1CC[C@H](C)CCO. The van der Waals surface area contributed by atoms with E-state index in [4.69, 9.17) is 5.11 Å². The lowest BCUT2D eigenvalue weighted by molar-refractivity contribution is -0.0553. The molecule has 21 heavy (non-hydrogen) atoms. The molecule has 1 nitrogen and oxygen atoms in total. The first-order valence-electron chi connectivity index (χ1n) is 9.10. The Morgan fingerprint density at radius 3 is 2.62 bits per heavy atom. The summed E-state index contributed by atoms with van der Waals surface area (Å²) in [4.78, 5) is 0. The molecule has 1 N–H and O–H groups in total. The molecule has 2 saturated carbocycles. The highest BCUT2D eigenvalue weighted by molar-refractivity contribution is 5.15. The highest BCUT2D eigenvalue weighted by Gasteiger charge is 2.52. The molecule has 0 aromatic carbocycles. The van der Waals surface area contributed by atoms with Crippen molar-refractivity contribution in [1.29, 1.82) is 0 Å². The molecule has 0 radical (unpaired) electrons. The minimum Gasteiger partial charge on any atom is -0.396 e. The van der Waals surface area contributed by atoms with Gasteiger partial charge in [-0.15, -0.1) is 0 Å². The molecule has 0 aromatic heterocycles. The van der Waals surface area contributed by atoms with Crippen molar-refractivity contribution in [3.63, 3.8) is 0 Å². The second-order valence-electron chi connectivity index (χ2n) is 8.84. The Balaban J connectivity index is 2.12. The average Bonchev–Trinajstić information content (AvgIpc) is 2.37. The van der Waals surface area contributed by atoms with Crippen LogP contribution in [0.2, 0.25) is 0 Å². The van der Waals surface area contributed by atoms with Crippen molar-refractivity contribution in [2.75, 3.05) is 6.61 Å². The minimum absolute atomic E-state index is 0.333. The molecule has 122 valence electrons. The van der Waals surface area contributed by atoms with Crippen LogP contribution in [-0.4, -0.2) is 11.7 Å². The van der Waals surface area contributed by atoms with Gasteiger partial charge in [0.25, 0.3) is 0 Å². The van der Waals surface area contributed by atoms with E-state index in [1.807, 2.05) is 0 Å². The summed E-state index contributed by atoms with van der Waals surface area (Å²) in [6.07, 6.45) is 10.2. The average molecular weight is 293 g/mol. The highest BCUT2D eigenvalue weighted by Crippen LogP contribution is 2.61. The van der Waals surface area contributed by atoms with E-state index in [0.717, 1.165) is 12.3 Å². The first-order valence-corrected chi connectivity index (χ1v) is 9.10. The second kappa shape index (κ2) is 6.44. The normalized spacial score (nSPS) is 37.1. The Hall–Kier alpha value is -0.300. The Morgan fingerprint density at radius 2 is 1.95 bits per heavy atom. The van der Waals surface area contributed by atoms with Crippen LogP contribution in [0.15, 0.2) is 12.2 Å². The zero-order chi connectivity index (χ0) is 15.7. The molecule has 2 aliphatic rings. The topological polar surface area (TPSA) is 20.2 Å². The van der Waals surface area contributed by atoms with E-state index >= 15 is 0 Å². The maximum atomic E-state index is 9.11. The summed E-state index contributed by atoms with van der Waals surface area (Å²) < 4.78 is 0. The molecule has 0 heterocycles. The lowest BCUT2D eigenvalue weighted by atomic mass is 9.47. The smallest absolute Gasteiger partial charge is 0.0433 e. The maximum absolute atomic E-state index is 9.11. The molecule has 2 rings (SSSR count). The summed E-state index contributed by atoms with van der Waals surface area (Å²) >= 11 is 0. The van der Waals surface area contributed by atoms with Gasteiger partial charge in [0.15, 0.2) is 0 Å². The van der Waals surface area contributed by atoms with Gasteiger partial charge in [-0.05, 0) is 67.1 Å². The van der Waals surface area contributed by atoms with Gasteiger partial charge in [0.1, 0.15) is 0 Å². The Kier molecular flexibility index (Phi) is 5.23. The van der Waals surface area contributed by atoms with E-state index in [2.05, 4.69) is 34.3 Å². The van der Waals surface area contributed by atoms with Gasteiger partial charge in [-0.3, -0.25) is 0 Å². The predicted octanol–water partition coefficient (Wildman–Crippen LogP) is 5.58. The van der Waals surface area contributed by atoms with Crippen LogP contribution < -0.4 is 0 Å². The quantitative estimate of drug-likeness (QED) is 0.655. The van der Waals surface area contributed by atoms with Gasteiger partial charge in [-0.25, -0.2) is 0 Å². The molecule has 0 saturated heterocycles. The van der Waals surface area contributed by atoms with Gasteiger partial charge in [-0.2, -0.15) is 0 Å². The van der Waals surface area contributed by atoms with Crippen LogP contribution in [0.1, 0.15) is 79.1 Å². The molecule has 0 aromatic rings. The standard InChI is InChI=1S/C20H36O/c1-15(11-14-21)7-9-17-16(2)8-10-18-19(3,4)12-6-13-20(17,18)5/h15,17-18,21H,2,6-14H2,1,3-5H3/t15-,17+,18?,20-/m0/s1. The molecule has 1 unspecified atom stereocenters. The van der Waals surface area contributed by atoms with E-state index in [9.17, 15) is 0 Å². The van der Waals surface area contributed by atoms with Gasteiger partial charge in [-0.1, -0.05) is 52.7 Å². The number of aliphatic hydroxyl groups excluding tert-OH is 1. The fourth-order valence-electron chi connectivity index (χ4n) is 5.62. The maximum Gasteiger partial charge on any atom is 0.0433 e. The number of hydrogen-bond acceptors (Lipinski definition) is 1. The lowest BCUT2D eigenvalue weighted by Gasteiger charge is -2.58. The third-order valence-electron chi connectivity index (χ3n) is 6.89. The van der Waals surface area contributed by atoms with Gasteiger partial charge >= 0.3 is 0 Å². The summed E-state index contributed by atoms with van der Waals surface area (Å²) in [5.41, 5.74) is 2.49. The molecule has 1 heteroatoms. The second-order valence-corrected chi connectivity index (χ2v) is 8.84. The van der Waals surface area contributed by atoms with E-state index in [-0.39, 0.29) is 0 Å². The van der Waals surface area contributed by atoms with Crippen molar-refractivity contribution < 1.29 is 5.11 Å². The first-order chi connectivity index (χ1) is 9.81. The van der Waals surface area contributed by atoms with Gasteiger partial charge in [0, 0.05) is 6.61 Å². The van der Waals surface area contributed by atoms with Crippen molar-refractivity contribution in [2.24, 2.45) is 28.6 Å². The summed E-state index contributed by atoms with van der Waals surface area (Å²) in [5.74, 6) is 2.21. The number of hydrogen-bond donors (Lipinski definition) is 1. The molecule has 4 atom stereocenters. The first kappa shape index (κ1) is 17.1. The monoisotopic (exact) mass is 292 g/mol. The van der Waals surface area contributed by atoms with Crippen LogP contribution in [0, 0.1) is 28.6 Å². The minimum atomic E-state index is 0.333. The van der Waals surface area contributed by atoms with Crippen LogP contribution in [0.5, 0.6) is 0 Å². The number of rotatable bonds is 5. The van der Waals surface area contributed by atoms with E-state index in [0.29, 0.717) is 29.3 Å². The molecule has 0 spiro atoms. The predicted molar refractivity (Wildman–Crippen MR) is 91.2 cm³/mol. The molecule has 2 fully saturated rings. The van der Waals surface area contributed by atoms with E-state index in [1.165, 1.54) is 50.5 Å². The van der Waals surface area contributed by atoms with Crippen molar-refractivity contribution in [1.82, 2.24) is 0 Å². The van der Waals surface area contributed by atoms with Crippen molar-refractivity contribution in [3.8, 4) is 0 Å². The fourth-order valence-corrected chi connectivity index (χ4v) is 5.62. The summed E-state index contributed by atoms with van der Waals surface area (Å²) in [7, 11) is 0. The zero-order valence-corrected chi connectivity index (χ0v) is 14.8. The fraction of sp³-hybridized carbons (Fsp3) is 0.900. The van der Waals surface area contributed by atoms with Crippen molar-refractivity contribution in [2.45, 2.75) is 79.1 Å². The Morgan fingerprint density at radius 1 is 1.24 bits per heavy atom. The Labute approximate surface area is 132 Å². The van der Waals surface area contributed by atoms with Crippen LogP contribution in [-0.2, 0) is 0 Å². The van der Waals surface area contributed by atoms with E-state index in [1.54, 1.807) is 0 Å². The highest BCUT2D eigenvalue weighted by atomic mass is 16.3. The molecular formula is C20H36O. The van der Waals surface area contributed by atoms with Crippen LogP contribution in [0.4, 0.5) is 0 Å². The van der Waals surface area contributed by atoms with Crippen molar-refractivity contribution in [3.05, 3.63) is 12.2 Å². The molecular weight excluding hydrogens is 256 g/mol. The molecule has 0 amide bonds. The van der Waals surface area contributed by atoms with Gasteiger partial charge < -0.3 is 5.11 Å².